The third-order valence-electron chi connectivity index (χ3n) is 5.54. The Morgan fingerprint density at radius 1 is 1.15 bits per heavy atom. The smallest absolute Gasteiger partial charge is 0.269 e. The van der Waals surface area contributed by atoms with Crippen LogP contribution >= 0.6 is 24.0 Å². The van der Waals surface area contributed by atoms with E-state index in [1.165, 1.54) is 12.1 Å². The summed E-state index contributed by atoms with van der Waals surface area (Å²) in [5.74, 6) is 1.66. The van der Waals surface area contributed by atoms with Gasteiger partial charge in [-0.05, 0) is 30.5 Å². The molecule has 1 aliphatic carbocycles. The summed E-state index contributed by atoms with van der Waals surface area (Å²) >= 11 is 0. The Balaban J connectivity index is 0.00000306. The van der Waals surface area contributed by atoms with E-state index in [0.717, 1.165) is 56.3 Å². The number of halogens is 1. The first-order valence-corrected chi connectivity index (χ1v) is 10.9. The Bertz CT molecular complexity index is 938. The second-order valence-corrected chi connectivity index (χ2v) is 8.10. The van der Waals surface area contributed by atoms with Crippen molar-refractivity contribution >= 4 is 41.5 Å². The highest BCUT2D eigenvalue weighted by Crippen LogP contribution is 2.18. The number of aliphatic imine (C=N–C) groups is 1. The van der Waals surface area contributed by atoms with E-state index >= 15 is 0 Å². The van der Waals surface area contributed by atoms with Crippen LogP contribution < -0.4 is 10.6 Å². The SMILES string of the molecule is I.O=C(CN1CCN(C(=NCc2ccc([N+](=O)[O-])cc2)NCc2ccco2)CC1)NC1CC1. The van der Waals surface area contributed by atoms with Gasteiger partial charge in [-0.1, -0.05) is 12.1 Å². The maximum Gasteiger partial charge on any atom is 0.269 e. The number of amides is 1. The Morgan fingerprint density at radius 2 is 1.88 bits per heavy atom. The molecule has 10 nitrogen and oxygen atoms in total. The summed E-state index contributed by atoms with van der Waals surface area (Å²) in [5.41, 5.74) is 0.957. The number of hydrogen-bond acceptors (Lipinski definition) is 6. The lowest BCUT2D eigenvalue weighted by atomic mass is 10.2. The summed E-state index contributed by atoms with van der Waals surface area (Å²) in [6.07, 6.45) is 3.82. The van der Waals surface area contributed by atoms with Gasteiger partial charge in [0.1, 0.15) is 5.76 Å². The van der Waals surface area contributed by atoms with Gasteiger partial charge in [-0.25, -0.2) is 4.99 Å². The molecule has 2 N–H and O–H groups in total. The number of nitrogens with one attached hydrogen (secondary N) is 2. The minimum absolute atomic E-state index is 0. The van der Waals surface area contributed by atoms with E-state index in [1.54, 1.807) is 18.4 Å². The second-order valence-electron chi connectivity index (χ2n) is 8.10. The summed E-state index contributed by atoms with van der Waals surface area (Å²) in [4.78, 5) is 31.6. The van der Waals surface area contributed by atoms with Crippen molar-refractivity contribution in [1.29, 1.82) is 0 Å². The van der Waals surface area contributed by atoms with Crippen LogP contribution in [0.1, 0.15) is 24.2 Å². The first-order valence-electron chi connectivity index (χ1n) is 10.9. The number of nitro groups is 1. The number of guanidine groups is 1. The van der Waals surface area contributed by atoms with Crippen molar-refractivity contribution in [2.24, 2.45) is 4.99 Å². The molecule has 178 valence electrons. The van der Waals surface area contributed by atoms with Crippen molar-refractivity contribution in [3.63, 3.8) is 0 Å². The summed E-state index contributed by atoms with van der Waals surface area (Å²) in [7, 11) is 0. The lowest BCUT2D eigenvalue weighted by Crippen LogP contribution is -2.54. The van der Waals surface area contributed by atoms with Crippen LogP contribution in [-0.2, 0) is 17.9 Å². The molecule has 0 bridgehead atoms. The number of nitrogens with zero attached hydrogens (tertiary/aromatic N) is 4. The molecule has 1 saturated heterocycles. The van der Waals surface area contributed by atoms with Crippen molar-refractivity contribution in [2.75, 3.05) is 32.7 Å². The highest BCUT2D eigenvalue weighted by atomic mass is 127. The van der Waals surface area contributed by atoms with Gasteiger partial charge in [-0.15, -0.1) is 24.0 Å². The molecule has 1 saturated carbocycles. The van der Waals surface area contributed by atoms with Crippen molar-refractivity contribution in [3.8, 4) is 0 Å². The largest absolute Gasteiger partial charge is 0.467 e. The number of benzene rings is 1. The number of nitro benzene ring substituents is 1. The van der Waals surface area contributed by atoms with Gasteiger partial charge in [0.2, 0.25) is 5.91 Å². The topological polar surface area (TPSA) is 116 Å². The average molecular weight is 568 g/mol. The molecule has 0 spiro atoms. The zero-order valence-electron chi connectivity index (χ0n) is 18.3. The van der Waals surface area contributed by atoms with Crippen LogP contribution in [0.2, 0.25) is 0 Å². The number of piperazine rings is 1. The lowest BCUT2D eigenvalue weighted by molar-refractivity contribution is -0.384. The van der Waals surface area contributed by atoms with E-state index in [9.17, 15) is 14.9 Å². The molecule has 0 atom stereocenters. The van der Waals surface area contributed by atoms with Gasteiger partial charge in [0.25, 0.3) is 5.69 Å². The number of carbonyl (C=O) groups excluding carboxylic acids is 1. The number of rotatable bonds is 8. The van der Waals surface area contributed by atoms with Gasteiger partial charge in [0.15, 0.2) is 5.96 Å². The van der Waals surface area contributed by atoms with E-state index in [1.807, 2.05) is 12.1 Å². The molecule has 2 aromatic rings. The molecule has 2 heterocycles. The fourth-order valence-corrected chi connectivity index (χ4v) is 3.56. The normalized spacial score (nSPS) is 16.7. The fraction of sp³-hybridized carbons (Fsp3) is 0.455. The minimum Gasteiger partial charge on any atom is -0.467 e. The summed E-state index contributed by atoms with van der Waals surface area (Å²) in [6, 6.07) is 10.6. The molecule has 4 rings (SSSR count). The first-order chi connectivity index (χ1) is 15.6. The molecular weight excluding hydrogens is 539 g/mol. The monoisotopic (exact) mass is 568 g/mol. The Labute approximate surface area is 209 Å². The van der Waals surface area contributed by atoms with Crippen LogP contribution in [0.15, 0.2) is 52.1 Å². The molecule has 1 aliphatic heterocycles. The molecule has 2 fully saturated rings. The third-order valence-corrected chi connectivity index (χ3v) is 5.54. The molecular formula is C22H29IN6O4. The van der Waals surface area contributed by atoms with Gasteiger partial charge in [-0.3, -0.25) is 19.8 Å². The second kappa shape index (κ2) is 12.0. The third kappa shape index (κ3) is 7.70. The van der Waals surface area contributed by atoms with Crippen LogP contribution in [0.25, 0.3) is 0 Å². The summed E-state index contributed by atoms with van der Waals surface area (Å²) in [6.45, 7) is 4.40. The van der Waals surface area contributed by atoms with Crippen molar-refractivity contribution < 1.29 is 14.1 Å². The zero-order chi connectivity index (χ0) is 22.3. The molecule has 1 aromatic heterocycles. The maximum absolute atomic E-state index is 12.1. The Hall–Kier alpha value is -2.67. The molecule has 33 heavy (non-hydrogen) atoms. The van der Waals surface area contributed by atoms with Crippen LogP contribution in [0.5, 0.6) is 0 Å². The molecule has 1 amide bonds. The van der Waals surface area contributed by atoms with Gasteiger partial charge in [0.05, 0.1) is 30.8 Å². The van der Waals surface area contributed by atoms with Gasteiger partial charge in [0, 0.05) is 44.4 Å². The summed E-state index contributed by atoms with van der Waals surface area (Å²) in [5, 5.41) is 17.3. The Morgan fingerprint density at radius 3 is 2.48 bits per heavy atom. The fourth-order valence-electron chi connectivity index (χ4n) is 3.56. The first kappa shape index (κ1) is 25.0. The predicted molar refractivity (Wildman–Crippen MR) is 134 cm³/mol. The molecule has 0 radical (unpaired) electrons. The Kier molecular flexibility index (Phi) is 9.06. The molecule has 0 unspecified atom stereocenters. The molecule has 2 aliphatic rings. The van der Waals surface area contributed by atoms with E-state index in [-0.39, 0.29) is 35.6 Å². The number of carbonyl (C=O) groups is 1. The zero-order valence-corrected chi connectivity index (χ0v) is 20.6. The van der Waals surface area contributed by atoms with E-state index < -0.39 is 4.92 Å². The molecule has 11 heteroatoms. The van der Waals surface area contributed by atoms with Crippen LogP contribution in [-0.4, -0.2) is 65.4 Å². The number of non-ortho nitro benzene ring substituents is 1. The van der Waals surface area contributed by atoms with Crippen molar-refractivity contribution in [1.82, 2.24) is 20.4 Å². The van der Waals surface area contributed by atoms with Crippen LogP contribution in [0, 0.1) is 10.1 Å². The predicted octanol–water partition coefficient (Wildman–Crippen LogP) is 2.35. The van der Waals surface area contributed by atoms with E-state index in [2.05, 4.69) is 20.4 Å². The average Bonchev–Trinajstić information content (AvgIpc) is 3.44. The van der Waals surface area contributed by atoms with Crippen LogP contribution in [0.4, 0.5) is 5.69 Å². The quantitative estimate of drug-likeness (QED) is 0.165. The highest BCUT2D eigenvalue weighted by Gasteiger charge is 2.26. The number of furan rings is 1. The van der Waals surface area contributed by atoms with Gasteiger partial charge >= 0.3 is 0 Å². The minimum atomic E-state index is -0.409. The van der Waals surface area contributed by atoms with Gasteiger partial charge < -0.3 is 20.0 Å². The van der Waals surface area contributed by atoms with Gasteiger partial charge in [-0.2, -0.15) is 0 Å². The molecule has 1 aromatic carbocycles. The summed E-state index contributed by atoms with van der Waals surface area (Å²) < 4.78 is 5.41. The lowest BCUT2D eigenvalue weighted by Gasteiger charge is -2.36. The van der Waals surface area contributed by atoms with Crippen molar-refractivity contribution in [2.45, 2.75) is 32.0 Å². The number of hydrogen-bond donors (Lipinski definition) is 2. The van der Waals surface area contributed by atoms with Crippen molar-refractivity contribution in [3.05, 3.63) is 64.1 Å². The maximum atomic E-state index is 12.1. The van der Waals surface area contributed by atoms with E-state index in [4.69, 9.17) is 9.41 Å². The van der Waals surface area contributed by atoms with Crippen LogP contribution in [0.3, 0.4) is 0 Å². The van der Waals surface area contributed by atoms with E-state index in [0.29, 0.717) is 25.7 Å². The highest BCUT2D eigenvalue weighted by molar-refractivity contribution is 14.0. The standard InChI is InChI=1S/C22H28N6O4.HI/c29-21(25-18-5-6-18)16-26-9-11-27(12-10-26)22(24-15-20-2-1-13-32-20)23-14-17-3-7-19(8-4-17)28(30)31;/h1-4,7-8,13,18H,5-6,9-12,14-16H2,(H,23,24)(H,25,29);1H.